The number of rotatable bonds is 6. The fourth-order valence-corrected chi connectivity index (χ4v) is 3.60. The van der Waals surface area contributed by atoms with Crippen LogP contribution in [0.15, 0.2) is 29.3 Å². The van der Waals surface area contributed by atoms with Crippen molar-refractivity contribution >= 4 is 52.4 Å². The molecule has 8 nitrogen and oxygen atoms in total. The van der Waals surface area contributed by atoms with Crippen molar-refractivity contribution < 1.29 is 0 Å². The minimum absolute atomic E-state index is 0.157. The molecule has 2 heterocycles. The molecular formula is C20H28Cl2N8. The third-order valence-electron chi connectivity index (χ3n) is 4.88. The van der Waals surface area contributed by atoms with E-state index in [0.29, 0.717) is 21.8 Å². The van der Waals surface area contributed by atoms with Gasteiger partial charge in [-0.1, -0.05) is 30.1 Å². The molecule has 1 unspecified atom stereocenters. The summed E-state index contributed by atoms with van der Waals surface area (Å²) in [5.41, 5.74) is 6.74. The molecule has 0 radical (unpaired) electrons. The minimum Gasteiger partial charge on any atom is -0.369 e. The normalized spacial score (nSPS) is 17.6. The summed E-state index contributed by atoms with van der Waals surface area (Å²) in [6.07, 6.45) is 2.28. The van der Waals surface area contributed by atoms with Gasteiger partial charge in [-0.25, -0.2) is 0 Å². The maximum atomic E-state index is 6.06. The van der Waals surface area contributed by atoms with Crippen LogP contribution in [0.1, 0.15) is 19.8 Å². The first-order valence-corrected chi connectivity index (χ1v) is 10.7. The van der Waals surface area contributed by atoms with Gasteiger partial charge in [-0.15, -0.1) is 0 Å². The van der Waals surface area contributed by atoms with E-state index < -0.39 is 0 Å². The molecule has 1 aromatic heterocycles. The lowest BCUT2D eigenvalue weighted by Crippen LogP contribution is -2.42. The van der Waals surface area contributed by atoms with E-state index in [9.17, 15) is 0 Å². The summed E-state index contributed by atoms with van der Waals surface area (Å²) >= 11 is 12.0. The van der Waals surface area contributed by atoms with Crippen LogP contribution in [0, 0.1) is 0 Å². The summed E-state index contributed by atoms with van der Waals surface area (Å²) in [4.78, 5) is 17.7. The Bertz CT molecular complexity index is 902. The van der Waals surface area contributed by atoms with Crippen LogP contribution in [-0.4, -0.2) is 60.6 Å². The number of nitrogens with zero attached hydrogens (tertiary/aromatic N) is 5. The Labute approximate surface area is 187 Å². The molecule has 162 valence electrons. The van der Waals surface area contributed by atoms with E-state index >= 15 is 0 Å². The van der Waals surface area contributed by atoms with Crippen LogP contribution >= 0.6 is 23.2 Å². The molecule has 2 aromatic rings. The molecule has 1 saturated heterocycles. The highest BCUT2D eigenvalue weighted by atomic mass is 35.5. The number of likely N-dealkylation sites (tertiary alicyclic amines) is 1. The molecule has 3 rings (SSSR count). The number of aromatic nitrogens is 2. The van der Waals surface area contributed by atoms with Gasteiger partial charge in [-0.05, 0) is 44.1 Å². The number of nitrogens with two attached hydrogens (primary N) is 1. The van der Waals surface area contributed by atoms with Crippen LogP contribution in [0.4, 0.5) is 23.3 Å². The van der Waals surface area contributed by atoms with E-state index in [4.69, 9.17) is 28.9 Å². The molecule has 0 spiro atoms. The Kier molecular flexibility index (Phi) is 7.58. The zero-order valence-corrected chi connectivity index (χ0v) is 19.0. The molecule has 1 aliphatic rings. The molecular weight excluding hydrogens is 423 g/mol. The second kappa shape index (κ2) is 10.1. The average Bonchev–Trinajstić information content (AvgIpc) is 2.70. The number of nitrogens with one attached hydrogen (secondary N) is 2. The standard InChI is InChI=1S/C20H28Cl2N8/c1-4-30-9-5-6-14(12-30)24-17-11-18(29(2)3)27-20(26-17)28-19(23)25-13-7-8-15(21)16(22)10-13/h7-8,10-11,14H,4-6,9,12H2,1-3H3,(H4,23,24,25,26,27,28). The van der Waals surface area contributed by atoms with Gasteiger partial charge in [0.2, 0.25) is 5.96 Å². The first-order valence-electron chi connectivity index (χ1n) is 9.95. The molecule has 4 N–H and O–H groups in total. The Morgan fingerprint density at radius 3 is 2.77 bits per heavy atom. The zero-order chi connectivity index (χ0) is 21.7. The van der Waals surface area contributed by atoms with Crippen LogP contribution in [0.3, 0.4) is 0 Å². The summed E-state index contributed by atoms with van der Waals surface area (Å²) in [6, 6.07) is 7.40. The highest BCUT2D eigenvalue weighted by molar-refractivity contribution is 6.42. The number of benzene rings is 1. The number of aliphatic imine (C=N–C) groups is 1. The molecule has 0 bridgehead atoms. The number of hydrogen-bond donors (Lipinski definition) is 3. The lowest BCUT2D eigenvalue weighted by molar-refractivity contribution is 0.226. The van der Waals surface area contributed by atoms with Gasteiger partial charge in [0, 0.05) is 38.4 Å². The number of likely N-dealkylation sites (N-methyl/N-ethyl adjacent to an activating group) is 1. The van der Waals surface area contributed by atoms with E-state index in [-0.39, 0.29) is 11.9 Å². The van der Waals surface area contributed by atoms with Gasteiger partial charge in [-0.2, -0.15) is 15.0 Å². The minimum atomic E-state index is 0.157. The second-order valence-corrected chi connectivity index (χ2v) is 8.25. The van der Waals surface area contributed by atoms with Crippen LogP contribution < -0.4 is 21.3 Å². The maximum absolute atomic E-state index is 6.06. The molecule has 10 heteroatoms. The number of halogens is 2. The van der Waals surface area contributed by atoms with Gasteiger partial charge < -0.3 is 26.2 Å². The molecule has 30 heavy (non-hydrogen) atoms. The maximum Gasteiger partial charge on any atom is 0.256 e. The van der Waals surface area contributed by atoms with Crippen molar-refractivity contribution in [1.29, 1.82) is 0 Å². The molecule has 1 aromatic carbocycles. The lowest BCUT2D eigenvalue weighted by Gasteiger charge is -2.32. The summed E-state index contributed by atoms with van der Waals surface area (Å²) in [5.74, 6) is 1.91. The Morgan fingerprint density at radius 1 is 1.27 bits per heavy atom. The van der Waals surface area contributed by atoms with Crippen molar-refractivity contribution in [2.75, 3.05) is 49.3 Å². The largest absolute Gasteiger partial charge is 0.369 e. The quantitative estimate of drug-likeness (QED) is 0.454. The number of piperidine rings is 1. The number of guanidine groups is 1. The van der Waals surface area contributed by atoms with Crippen molar-refractivity contribution in [2.24, 2.45) is 10.7 Å². The first kappa shape index (κ1) is 22.4. The monoisotopic (exact) mass is 450 g/mol. The molecule has 0 saturated carbocycles. The van der Waals surface area contributed by atoms with Gasteiger partial charge in [0.15, 0.2) is 0 Å². The lowest BCUT2D eigenvalue weighted by atomic mass is 10.1. The van der Waals surface area contributed by atoms with Crippen LogP contribution in [0.2, 0.25) is 10.0 Å². The summed E-state index contributed by atoms with van der Waals surface area (Å²) < 4.78 is 0. The van der Waals surface area contributed by atoms with Crippen molar-refractivity contribution in [2.45, 2.75) is 25.8 Å². The van der Waals surface area contributed by atoms with Gasteiger partial charge >= 0.3 is 0 Å². The van der Waals surface area contributed by atoms with E-state index in [0.717, 1.165) is 37.7 Å². The Hall–Kier alpha value is -2.29. The van der Waals surface area contributed by atoms with E-state index in [2.05, 4.69) is 37.4 Å². The van der Waals surface area contributed by atoms with Crippen LogP contribution in [0.5, 0.6) is 0 Å². The molecule has 0 aliphatic carbocycles. The zero-order valence-electron chi connectivity index (χ0n) is 17.5. The van der Waals surface area contributed by atoms with Crippen LogP contribution in [-0.2, 0) is 0 Å². The van der Waals surface area contributed by atoms with Gasteiger partial charge in [0.1, 0.15) is 11.6 Å². The predicted octanol–water partition coefficient (Wildman–Crippen LogP) is 3.80. The SMILES string of the molecule is CCN1CCCC(Nc2cc(N(C)C)nc(/N=C(\N)Nc3ccc(Cl)c(Cl)c3)n2)C1. The number of hydrogen-bond acceptors (Lipinski definition) is 6. The van der Waals surface area contributed by atoms with Gasteiger partial charge in [0.05, 0.1) is 10.0 Å². The summed E-state index contributed by atoms with van der Waals surface area (Å²) in [5, 5.41) is 7.42. The van der Waals surface area contributed by atoms with Crippen molar-refractivity contribution in [3.05, 3.63) is 34.3 Å². The molecule has 1 aliphatic heterocycles. The topological polar surface area (TPSA) is 94.7 Å². The van der Waals surface area contributed by atoms with E-state index in [1.54, 1.807) is 18.2 Å². The van der Waals surface area contributed by atoms with Crippen molar-refractivity contribution in [3.8, 4) is 0 Å². The Balaban J connectivity index is 1.79. The first-order chi connectivity index (χ1) is 14.3. The summed E-state index contributed by atoms with van der Waals surface area (Å²) in [6.45, 7) is 5.39. The highest BCUT2D eigenvalue weighted by Crippen LogP contribution is 2.25. The third-order valence-corrected chi connectivity index (χ3v) is 5.62. The fraction of sp³-hybridized carbons (Fsp3) is 0.450. The fourth-order valence-electron chi connectivity index (χ4n) is 3.30. The van der Waals surface area contributed by atoms with Crippen molar-refractivity contribution in [3.63, 3.8) is 0 Å². The smallest absolute Gasteiger partial charge is 0.256 e. The van der Waals surface area contributed by atoms with E-state index in [1.165, 1.54) is 6.42 Å². The molecule has 1 fully saturated rings. The van der Waals surface area contributed by atoms with E-state index in [1.807, 2.05) is 25.1 Å². The third kappa shape index (κ3) is 6.10. The summed E-state index contributed by atoms with van der Waals surface area (Å²) in [7, 11) is 3.85. The van der Waals surface area contributed by atoms with Crippen molar-refractivity contribution in [1.82, 2.24) is 14.9 Å². The van der Waals surface area contributed by atoms with Crippen LogP contribution in [0.25, 0.3) is 0 Å². The predicted molar refractivity (Wildman–Crippen MR) is 126 cm³/mol. The Morgan fingerprint density at radius 2 is 2.07 bits per heavy atom. The van der Waals surface area contributed by atoms with Gasteiger partial charge in [-0.3, -0.25) is 0 Å². The second-order valence-electron chi connectivity index (χ2n) is 7.43. The average molecular weight is 451 g/mol. The highest BCUT2D eigenvalue weighted by Gasteiger charge is 2.19. The molecule has 0 amide bonds. The number of anilines is 3. The molecule has 1 atom stereocenters. The van der Waals surface area contributed by atoms with Gasteiger partial charge in [0.25, 0.3) is 5.95 Å².